The maximum atomic E-state index is 10.7. The Bertz CT molecular complexity index is 269. The van der Waals surface area contributed by atoms with Crippen LogP contribution in [0.15, 0.2) is 12.4 Å². The quantitative estimate of drug-likeness (QED) is 0.720. The molecular formula is C7H11N3O2. The Hall–Kier alpha value is -1.52. The molecule has 5 nitrogen and oxygen atoms in total. The molecule has 0 aromatic carbocycles. The molecule has 66 valence electrons. The van der Waals surface area contributed by atoms with E-state index in [0.717, 1.165) is 6.54 Å². The van der Waals surface area contributed by atoms with Gasteiger partial charge in [0.05, 0.1) is 19.0 Å². The Morgan fingerprint density at radius 3 is 3.08 bits per heavy atom. The second kappa shape index (κ2) is 3.75. The van der Waals surface area contributed by atoms with E-state index >= 15 is 0 Å². The van der Waals surface area contributed by atoms with E-state index in [1.807, 2.05) is 6.92 Å². The lowest BCUT2D eigenvalue weighted by Crippen LogP contribution is -2.10. The van der Waals surface area contributed by atoms with Gasteiger partial charge in [0.2, 0.25) is 0 Å². The van der Waals surface area contributed by atoms with Crippen molar-refractivity contribution in [3.63, 3.8) is 0 Å². The summed E-state index contributed by atoms with van der Waals surface area (Å²) in [6, 6.07) is 0. The van der Waals surface area contributed by atoms with E-state index in [-0.39, 0.29) is 0 Å². The fourth-order valence-corrected chi connectivity index (χ4v) is 0.770. The summed E-state index contributed by atoms with van der Waals surface area (Å²) in [7, 11) is 1.32. The topological polar surface area (TPSA) is 56.2 Å². The van der Waals surface area contributed by atoms with Gasteiger partial charge in [0.15, 0.2) is 0 Å². The Morgan fingerprint density at radius 2 is 2.58 bits per heavy atom. The molecule has 0 aliphatic carbocycles. The number of nitrogens with one attached hydrogen (secondary N) is 1. The van der Waals surface area contributed by atoms with Gasteiger partial charge >= 0.3 is 6.09 Å². The molecule has 1 amide bonds. The van der Waals surface area contributed by atoms with E-state index in [9.17, 15) is 4.79 Å². The third-order valence-electron chi connectivity index (χ3n) is 1.39. The molecule has 0 radical (unpaired) electrons. The maximum Gasteiger partial charge on any atom is 0.411 e. The summed E-state index contributed by atoms with van der Waals surface area (Å²) in [5.41, 5.74) is 0.642. The highest BCUT2D eigenvalue weighted by Gasteiger charge is 2.01. The molecule has 5 heteroatoms. The summed E-state index contributed by atoms with van der Waals surface area (Å²) in [5, 5.41) is 6.47. The van der Waals surface area contributed by atoms with Gasteiger partial charge in [-0.25, -0.2) is 4.79 Å². The summed E-state index contributed by atoms with van der Waals surface area (Å²) in [5.74, 6) is 0. The first-order chi connectivity index (χ1) is 5.76. The van der Waals surface area contributed by atoms with Crippen LogP contribution in [0.5, 0.6) is 0 Å². The van der Waals surface area contributed by atoms with Gasteiger partial charge in [-0.15, -0.1) is 0 Å². The van der Waals surface area contributed by atoms with Gasteiger partial charge in [-0.2, -0.15) is 5.10 Å². The Kier molecular flexibility index (Phi) is 2.68. The molecule has 1 aromatic heterocycles. The van der Waals surface area contributed by atoms with Crippen LogP contribution in [0.2, 0.25) is 0 Å². The van der Waals surface area contributed by atoms with E-state index in [4.69, 9.17) is 0 Å². The molecular weight excluding hydrogens is 158 g/mol. The fourth-order valence-electron chi connectivity index (χ4n) is 0.770. The Morgan fingerprint density at radius 1 is 1.83 bits per heavy atom. The number of nitrogens with zero attached hydrogens (tertiary/aromatic N) is 2. The third-order valence-corrected chi connectivity index (χ3v) is 1.39. The monoisotopic (exact) mass is 169 g/mol. The van der Waals surface area contributed by atoms with Gasteiger partial charge in [0, 0.05) is 12.7 Å². The fraction of sp³-hybridized carbons (Fsp3) is 0.429. The van der Waals surface area contributed by atoms with E-state index in [2.05, 4.69) is 15.2 Å². The molecule has 0 unspecified atom stereocenters. The molecule has 0 spiro atoms. The van der Waals surface area contributed by atoms with Crippen LogP contribution in [0, 0.1) is 0 Å². The number of rotatable bonds is 2. The summed E-state index contributed by atoms with van der Waals surface area (Å²) in [6.45, 7) is 2.75. The lowest BCUT2D eigenvalue weighted by Gasteiger charge is -1.97. The van der Waals surface area contributed by atoms with Crippen molar-refractivity contribution in [2.75, 3.05) is 12.4 Å². The molecule has 1 N–H and O–H groups in total. The second-order valence-electron chi connectivity index (χ2n) is 2.20. The largest absolute Gasteiger partial charge is 0.453 e. The van der Waals surface area contributed by atoms with Crippen LogP contribution < -0.4 is 5.32 Å². The van der Waals surface area contributed by atoms with Crippen molar-refractivity contribution in [3.8, 4) is 0 Å². The number of methoxy groups -OCH3 is 1. The Balaban J connectivity index is 2.58. The summed E-state index contributed by atoms with van der Waals surface area (Å²) >= 11 is 0. The molecule has 0 saturated carbocycles. The van der Waals surface area contributed by atoms with Gasteiger partial charge in [-0.1, -0.05) is 0 Å². The summed E-state index contributed by atoms with van der Waals surface area (Å²) in [4.78, 5) is 10.7. The van der Waals surface area contributed by atoms with Crippen molar-refractivity contribution >= 4 is 11.8 Å². The number of hydrogen-bond acceptors (Lipinski definition) is 3. The van der Waals surface area contributed by atoms with E-state index < -0.39 is 6.09 Å². The minimum absolute atomic E-state index is 0.481. The van der Waals surface area contributed by atoms with Gasteiger partial charge in [0.25, 0.3) is 0 Å². The average Bonchev–Trinajstić information content (AvgIpc) is 2.52. The number of carbonyl (C=O) groups is 1. The van der Waals surface area contributed by atoms with Crippen LogP contribution in [0.3, 0.4) is 0 Å². The molecule has 0 fully saturated rings. The molecule has 12 heavy (non-hydrogen) atoms. The first-order valence-corrected chi connectivity index (χ1v) is 3.63. The zero-order chi connectivity index (χ0) is 8.97. The average molecular weight is 169 g/mol. The van der Waals surface area contributed by atoms with E-state index in [0.29, 0.717) is 5.69 Å². The van der Waals surface area contributed by atoms with Crippen LogP contribution in [-0.2, 0) is 11.3 Å². The minimum atomic E-state index is -0.481. The molecule has 0 aliphatic heterocycles. The van der Waals surface area contributed by atoms with Crippen LogP contribution in [0.25, 0.3) is 0 Å². The van der Waals surface area contributed by atoms with E-state index in [1.54, 1.807) is 17.1 Å². The van der Waals surface area contributed by atoms with Crippen molar-refractivity contribution in [3.05, 3.63) is 12.4 Å². The number of hydrogen-bond donors (Lipinski definition) is 1. The zero-order valence-electron chi connectivity index (χ0n) is 7.07. The maximum absolute atomic E-state index is 10.7. The first-order valence-electron chi connectivity index (χ1n) is 3.63. The van der Waals surface area contributed by atoms with Crippen molar-refractivity contribution in [1.29, 1.82) is 0 Å². The third kappa shape index (κ3) is 1.98. The van der Waals surface area contributed by atoms with E-state index in [1.165, 1.54) is 7.11 Å². The highest BCUT2D eigenvalue weighted by molar-refractivity contribution is 5.83. The number of aryl methyl sites for hydroxylation is 1. The second-order valence-corrected chi connectivity index (χ2v) is 2.20. The predicted molar refractivity (Wildman–Crippen MR) is 43.9 cm³/mol. The number of ether oxygens (including phenoxy) is 1. The lowest BCUT2D eigenvalue weighted by molar-refractivity contribution is 0.187. The van der Waals surface area contributed by atoms with Crippen LogP contribution in [0.4, 0.5) is 10.5 Å². The standard InChI is InChI=1S/C7H11N3O2/c1-3-10-5-6(4-8-10)9-7(11)12-2/h4-5H,3H2,1-2H3,(H,9,11). The lowest BCUT2D eigenvalue weighted by atomic mass is 10.6. The number of carbonyl (C=O) groups excluding carboxylic acids is 1. The smallest absolute Gasteiger partial charge is 0.411 e. The number of aromatic nitrogens is 2. The SMILES string of the molecule is CCn1cc(NC(=O)OC)cn1. The summed E-state index contributed by atoms with van der Waals surface area (Å²) < 4.78 is 6.12. The Labute approximate surface area is 70.3 Å². The van der Waals surface area contributed by atoms with Gasteiger partial charge in [-0.3, -0.25) is 10.00 Å². The van der Waals surface area contributed by atoms with Crippen LogP contribution in [-0.4, -0.2) is 23.0 Å². The molecule has 1 heterocycles. The van der Waals surface area contributed by atoms with Gasteiger partial charge < -0.3 is 4.74 Å². The normalized spacial score (nSPS) is 9.50. The van der Waals surface area contributed by atoms with Gasteiger partial charge in [-0.05, 0) is 6.92 Å². The highest BCUT2D eigenvalue weighted by atomic mass is 16.5. The molecule has 0 bridgehead atoms. The van der Waals surface area contributed by atoms with Crippen molar-refractivity contribution in [1.82, 2.24) is 9.78 Å². The molecule has 0 atom stereocenters. The first kappa shape index (κ1) is 8.58. The zero-order valence-corrected chi connectivity index (χ0v) is 7.07. The molecule has 1 rings (SSSR count). The number of amides is 1. The van der Waals surface area contributed by atoms with Crippen LogP contribution in [0.1, 0.15) is 6.92 Å². The summed E-state index contributed by atoms with van der Waals surface area (Å²) in [6.07, 6.45) is 2.82. The van der Waals surface area contributed by atoms with Crippen molar-refractivity contribution < 1.29 is 9.53 Å². The molecule has 0 aliphatic rings. The van der Waals surface area contributed by atoms with Crippen molar-refractivity contribution in [2.45, 2.75) is 13.5 Å². The van der Waals surface area contributed by atoms with Crippen LogP contribution >= 0.6 is 0 Å². The highest BCUT2D eigenvalue weighted by Crippen LogP contribution is 2.04. The molecule has 0 saturated heterocycles. The predicted octanol–water partition coefficient (Wildman–Crippen LogP) is 1.08. The van der Waals surface area contributed by atoms with Crippen molar-refractivity contribution in [2.24, 2.45) is 0 Å². The van der Waals surface area contributed by atoms with Gasteiger partial charge in [0.1, 0.15) is 0 Å². The number of anilines is 1. The molecule has 1 aromatic rings. The minimum Gasteiger partial charge on any atom is -0.453 e.